The first kappa shape index (κ1) is 22.2. The van der Waals surface area contributed by atoms with Crippen molar-refractivity contribution in [3.05, 3.63) is 0 Å². The molecule has 0 aromatic heterocycles. The lowest BCUT2D eigenvalue weighted by molar-refractivity contribution is 0.0507. The molecule has 0 saturated heterocycles. The first-order valence-electron chi connectivity index (χ1n) is 9.50. The maximum atomic E-state index is 11.9. The summed E-state index contributed by atoms with van der Waals surface area (Å²) in [4.78, 5) is 11.9. The number of nitrogens with one attached hydrogen (secondary N) is 2. The van der Waals surface area contributed by atoms with Crippen LogP contribution in [0.25, 0.3) is 0 Å². The van der Waals surface area contributed by atoms with Crippen molar-refractivity contribution in [2.45, 2.75) is 104 Å². The number of ether oxygens (including phenoxy) is 1. The van der Waals surface area contributed by atoms with E-state index in [9.17, 15) is 4.79 Å². The van der Waals surface area contributed by atoms with Gasteiger partial charge in [-0.1, -0.05) is 52.9 Å². The summed E-state index contributed by atoms with van der Waals surface area (Å²) in [7, 11) is 0. The van der Waals surface area contributed by atoms with Gasteiger partial charge in [-0.15, -0.1) is 0 Å². The van der Waals surface area contributed by atoms with E-state index in [1.165, 1.54) is 38.5 Å². The molecule has 0 spiro atoms. The first-order valence-corrected chi connectivity index (χ1v) is 9.50. The van der Waals surface area contributed by atoms with Crippen molar-refractivity contribution in [1.29, 1.82) is 0 Å². The molecule has 0 radical (unpaired) electrons. The number of carbonyl (C=O) groups excluding carboxylic acids is 1. The molecule has 2 N–H and O–H groups in total. The predicted octanol–water partition coefficient (Wildman–Crippen LogP) is 5.02. The zero-order valence-corrected chi connectivity index (χ0v) is 16.4. The molecule has 1 amide bonds. The van der Waals surface area contributed by atoms with Gasteiger partial charge in [0.25, 0.3) is 0 Å². The van der Waals surface area contributed by atoms with E-state index in [2.05, 4.69) is 31.4 Å². The molecule has 0 atom stereocenters. The van der Waals surface area contributed by atoms with Crippen molar-refractivity contribution < 1.29 is 9.53 Å². The van der Waals surface area contributed by atoms with E-state index in [-0.39, 0.29) is 11.6 Å². The largest absolute Gasteiger partial charge is 0.444 e. The quantitative estimate of drug-likeness (QED) is 0.495. The molecule has 0 heterocycles. The van der Waals surface area contributed by atoms with Gasteiger partial charge in [0.15, 0.2) is 0 Å². The molecule has 0 aliphatic carbocycles. The lowest BCUT2D eigenvalue weighted by atomic mass is 9.92. The van der Waals surface area contributed by atoms with Gasteiger partial charge in [-0.3, -0.25) is 0 Å². The Morgan fingerprint density at radius 2 is 1.48 bits per heavy atom. The third-order valence-electron chi connectivity index (χ3n) is 4.35. The van der Waals surface area contributed by atoms with E-state index in [1.54, 1.807) is 0 Å². The molecule has 0 fully saturated rings. The fourth-order valence-corrected chi connectivity index (χ4v) is 2.63. The molecule has 0 aromatic carbocycles. The molecule has 4 nitrogen and oxygen atoms in total. The first-order chi connectivity index (χ1) is 10.8. The maximum Gasteiger partial charge on any atom is 0.407 e. The Hall–Kier alpha value is -0.770. The van der Waals surface area contributed by atoms with Gasteiger partial charge < -0.3 is 15.4 Å². The highest BCUT2D eigenvalue weighted by atomic mass is 16.6. The number of rotatable bonds is 12. The molecule has 23 heavy (non-hydrogen) atoms. The Bertz CT molecular complexity index is 307. The molecule has 4 heteroatoms. The Morgan fingerprint density at radius 3 is 2.00 bits per heavy atom. The summed E-state index contributed by atoms with van der Waals surface area (Å²) in [5.41, 5.74) is -0.475. The van der Waals surface area contributed by atoms with Crippen molar-refractivity contribution in [3.63, 3.8) is 0 Å². The average Bonchev–Trinajstić information content (AvgIpc) is 2.48. The fraction of sp³-hybridized carbons (Fsp3) is 0.947. The van der Waals surface area contributed by atoms with Gasteiger partial charge in [0, 0.05) is 12.1 Å². The second kappa shape index (κ2) is 11.7. The van der Waals surface area contributed by atoms with Crippen molar-refractivity contribution in [2.75, 3.05) is 13.1 Å². The Balaban J connectivity index is 4.12. The smallest absolute Gasteiger partial charge is 0.407 e. The van der Waals surface area contributed by atoms with Crippen LogP contribution in [0.1, 0.15) is 92.9 Å². The minimum Gasteiger partial charge on any atom is -0.444 e. The van der Waals surface area contributed by atoms with Gasteiger partial charge in [0.2, 0.25) is 0 Å². The lowest BCUT2D eigenvalue weighted by Crippen LogP contribution is -2.53. The molecule has 0 bridgehead atoms. The van der Waals surface area contributed by atoms with Gasteiger partial charge in [0.1, 0.15) is 5.60 Å². The van der Waals surface area contributed by atoms with Crippen LogP contribution in [0.2, 0.25) is 0 Å². The highest BCUT2D eigenvalue weighted by Crippen LogP contribution is 2.15. The van der Waals surface area contributed by atoms with Crippen LogP contribution < -0.4 is 10.6 Å². The third kappa shape index (κ3) is 11.4. The van der Waals surface area contributed by atoms with E-state index >= 15 is 0 Å². The number of alkyl carbamates (subject to hydrolysis) is 1. The van der Waals surface area contributed by atoms with E-state index in [0.29, 0.717) is 6.54 Å². The van der Waals surface area contributed by atoms with Crippen molar-refractivity contribution >= 4 is 6.09 Å². The number of unbranched alkanes of at least 4 members (excludes halogenated alkanes) is 5. The minimum atomic E-state index is -0.447. The van der Waals surface area contributed by atoms with Crippen molar-refractivity contribution in [2.24, 2.45) is 0 Å². The van der Waals surface area contributed by atoms with Crippen LogP contribution in [0.3, 0.4) is 0 Å². The van der Waals surface area contributed by atoms with Gasteiger partial charge in [-0.05, 0) is 46.6 Å². The average molecular weight is 329 g/mol. The monoisotopic (exact) mass is 328 g/mol. The highest BCUT2D eigenvalue weighted by Gasteiger charge is 2.27. The Morgan fingerprint density at radius 1 is 0.913 bits per heavy atom. The highest BCUT2D eigenvalue weighted by molar-refractivity contribution is 5.67. The van der Waals surface area contributed by atoms with Crippen LogP contribution in [-0.4, -0.2) is 30.3 Å². The standard InChI is InChI=1S/C19H40N2O2/c1-7-10-11-12-13-14-15-21-19(8-2,9-3)16-20-17(22)23-18(4,5)6/h21H,7-16H2,1-6H3,(H,20,22). The van der Waals surface area contributed by atoms with Gasteiger partial charge in [-0.25, -0.2) is 4.79 Å². The number of amides is 1. The predicted molar refractivity (Wildman–Crippen MR) is 98.9 cm³/mol. The summed E-state index contributed by atoms with van der Waals surface area (Å²) in [6, 6.07) is 0. The second-order valence-electron chi connectivity index (χ2n) is 7.54. The molecule has 138 valence electrons. The third-order valence-corrected chi connectivity index (χ3v) is 4.35. The fourth-order valence-electron chi connectivity index (χ4n) is 2.63. The lowest BCUT2D eigenvalue weighted by Gasteiger charge is -2.34. The van der Waals surface area contributed by atoms with Crippen LogP contribution >= 0.6 is 0 Å². The topological polar surface area (TPSA) is 50.4 Å². The normalized spacial score (nSPS) is 12.3. The molecule has 0 aromatic rings. The molecule has 0 aliphatic rings. The zero-order valence-electron chi connectivity index (χ0n) is 16.4. The maximum absolute atomic E-state index is 11.9. The van der Waals surface area contributed by atoms with Gasteiger partial charge >= 0.3 is 6.09 Å². The molecule has 0 unspecified atom stereocenters. The molecular weight excluding hydrogens is 288 g/mol. The molecular formula is C19H40N2O2. The summed E-state index contributed by atoms with van der Waals surface area (Å²) in [5, 5.41) is 6.60. The molecule has 0 rings (SSSR count). The summed E-state index contributed by atoms with van der Waals surface area (Å²) < 4.78 is 5.32. The minimum absolute atomic E-state index is 0.0275. The van der Waals surface area contributed by atoms with Crippen LogP contribution in [0.4, 0.5) is 4.79 Å². The Kier molecular flexibility index (Phi) is 11.3. The summed E-state index contributed by atoms with van der Waals surface area (Å²) in [5.74, 6) is 0. The zero-order chi connectivity index (χ0) is 17.8. The van der Waals surface area contributed by atoms with Gasteiger partial charge in [0.05, 0.1) is 0 Å². The van der Waals surface area contributed by atoms with Crippen LogP contribution in [0.5, 0.6) is 0 Å². The van der Waals surface area contributed by atoms with E-state index in [4.69, 9.17) is 4.74 Å². The number of carbonyl (C=O) groups is 1. The molecule has 0 saturated carbocycles. The van der Waals surface area contributed by atoms with Crippen molar-refractivity contribution in [1.82, 2.24) is 10.6 Å². The summed E-state index contributed by atoms with van der Waals surface area (Å²) in [6.45, 7) is 13.9. The second-order valence-corrected chi connectivity index (χ2v) is 7.54. The van der Waals surface area contributed by atoms with E-state index in [1.807, 2.05) is 20.8 Å². The summed E-state index contributed by atoms with van der Waals surface area (Å²) >= 11 is 0. The van der Waals surface area contributed by atoms with Crippen LogP contribution in [-0.2, 0) is 4.74 Å². The number of hydrogen-bond donors (Lipinski definition) is 2. The van der Waals surface area contributed by atoms with Gasteiger partial charge in [-0.2, -0.15) is 0 Å². The van der Waals surface area contributed by atoms with Crippen molar-refractivity contribution in [3.8, 4) is 0 Å². The van der Waals surface area contributed by atoms with E-state index < -0.39 is 5.60 Å². The number of hydrogen-bond acceptors (Lipinski definition) is 3. The molecule has 0 aliphatic heterocycles. The Labute approximate surface area is 144 Å². The van der Waals surface area contributed by atoms with Crippen LogP contribution in [0.15, 0.2) is 0 Å². The summed E-state index contributed by atoms with van der Waals surface area (Å²) in [6.07, 6.45) is 9.48. The SMILES string of the molecule is CCCCCCCCNC(CC)(CC)CNC(=O)OC(C)(C)C. The van der Waals surface area contributed by atoms with E-state index in [0.717, 1.165) is 19.4 Å². The van der Waals surface area contributed by atoms with Crippen LogP contribution in [0, 0.1) is 0 Å².